The van der Waals surface area contributed by atoms with Gasteiger partial charge < -0.3 is 4.98 Å². The maximum Gasteiger partial charge on any atom is 0.197 e. The van der Waals surface area contributed by atoms with Crippen molar-refractivity contribution in [1.82, 2.24) is 4.98 Å². The Morgan fingerprint density at radius 3 is 2.53 bits per heavy atom. The largest absolute Gasteiger partial charge is 0.354 e. The Morgan fingerprint density at radius 1 is 1.00 bits per heavy atom. The van der Waals surface area contributed by atoms with Crippen LogP contribution in [0.5, 0.6) is 0 Å². The summed E-state index contributed by atoms with van der Waals surface area (Å²) in [7, 11) is 0. The Bertz CT molecular complexity index is 799. The number of aromatic amines is 1. The molecule has 0 atom stereocenters. The lowest BCUT2D eigenvalue weighted by Crippen LogP contribution is -2.08. The first-order chi connectivity index (χ1) is 9.16. The minimum Gasteiger partial charge on any atom is -0.354 e. The summed E-state index contributed by atoms with van der Waals surface area (Å²) in [5.41, 5.74) is 3.11. The Hall–Kier alpha value is -2.09. The van der Waals surface area contributed by atoms with Crippen LogP contribution in [0.1, 0.15) is 19.4 Å². The molecule has 0 aliphatic heterocycles. The van der Waals surface area contributed by atoms with Crippen LogP contribution in [0.25, 0.3) is 21.8 Å². The van der Waals surface area contributed by atoms with Crippen molar-refractivity contribution < 1.29 is 0 Å². The first-order valence-electron chi connectivity index (χ1n) is 6.69. The van der Waals surface area contributed by atoms with Crippen LogP contribution < -0.4 is 5.43 Å². The van der Waals surface area contributed by atoms with E-state index in [1.165, 1.54) is 0 Å². The summed E-state index contributed by atoms with van der Waals surface area (Å²) in [6.45, 7) is 4.35. The third-order valence-electron chi connectivity index (χ3n) is 3.45. The highest BCUT2D eigenvalue weighted by molar-refractivity contribution is 5.94. The molecule has 0 fully saturated rings. The van der Waals surface area contributed by atoms with Gasteiger partial charge in [0.25, 0.3) is 0 Å². The molecule has 0 radical (unpaired) electrons. The highest BCUT2D eigenvalue weighted by Crippen LogP contribution is 2.20. The lowest BCUT2D eigenvalue weighted by molar-refractivity contribution is 0.650. The van der Waals surface area contributed by atoms with Crippen LogP contribution in [-0.2, 0) is 6.42 Å². The minimum atomic E-state index is 0.139. The summed E-state index contributed by atoms with van der Waals surface area (Å²) in [6.07, 6.45) is 0.929. The summed E-state index contributed by atoms with van der Waals surface area (Å²) in [6, 6.07) is 13.8. The predicted molar refractivity (Wildman–Crippen MR) is 80.6 cm³/mol. The van der Waals surface area contributed by atoms with E-state index >= 15 is 0 Å². The van der Waals surface area contributed by atoms with Gasteiger partial charge in [-0.2, -0.15) is 0 Å². The SMILES string of the molecule is CC(C)Cc1cccc2[nH]c3ccccc3c(=O)c12. The molecule has 0 saturated carbocycles. The molecule has 0 aliphatic carbocycles. The zero-order chi connectivity index (χ0) is 13.4. The van der Waals surface area contributed by atoms with E-state index in [2.05, 4.69) is 24.9 Å². The lowest BCUT2D eigenvalue weighted by atomic mass is 9.97. The fraction of sp³-hybridized carbons (Fsp3) is 0.235. The molecule has 0 aliphatic rings. The van der Waals surface area contributed by atoms with Crippen molar-refractivity contribution >= 4 is 21.8 Å². The molecule has 0 bridgehead atoms. The molecule has 2 heteroatoms. The van der Waals surface area contributed by atoms with Gasteiger partial charge in [0, 0.05) is 16.3 Å². The second-order valence-corrected chi connectivity index (χ2v) is 5.44. The summed E-state index contributed by atoms with van der Waals surface area (Å²) in [5, 5.41) is 1.61. The topological polar surface area (TPSA) is 32.9 Å². The van der Waals surface area contributed by atoms with Crippen LogP contribution in [0, 0.1) is 5.92 Å². The van der Waals surface area contributed by atoms with E-state index in [0.717, 1.165) is 33.8 Å². The molecule has 19 heavy (non-hydrogen) atoms. The number of benzene rings is 2. The van der Waals surface area contributed by atoms with Gasteiger partial charge in [-0.1, -0.05) is 38.1 Å². The molecule has 0 saturated heterocycles. The van der Waals surface area contributed by atoms with Crippen molar-refractivity contribution in [1.29, 1.82) is 0 Å². The Kier molecular flexibility index (Phi) is 2.86. The average Bonchev–Trinajstić information content (AvgIpc) is 2.38. The molecule has 1 aromatic heterocycles. The molecule has 1 heterocycles. The second kappa shape index (κ2) is 4.54. The van der Waals surface area contributed by atoms with E-state index in [1.54, 1.807) is 0 Å². The third kappa shape index (κ3) is 2.03. The van der Waals surface area contributed by atoms with Gasteiger partial charge in [0.2, 0.25) is 0 Å². The number of hydrogen-bond donors (Lipinski definition) is 1. The molecule has 1 N–H and O–H groups in total. The molecule has 3 rings (SSSR count). The molecule has 2 aromatic carbocycles. The minimum absolute atomic E-state index is 0.139. The third-order valence-corrected chi connectivity index (χ3v) is 3.45. The van der Waals surface area contributed by atoms with E-state index < -0.39 is 0 Å². The summed E-state index contributed by atoms with van der Waals surface area (Å²) in [5.74, 6) is 0.538. The number of aromatic nitrogens is 1. The Morgan fingerprint density at radius 2 is 1.74 bits per heavy atom. The van der Waals surface area contributed by atoms with Gasteiger partial charge in [0.1, 0.15) is 0 Å². The van der Waals surface area contributed by atoms with Crippen LogP contribution in [0.4, 0.5) is 0 Å². The highest BCUT2D eigenvalue weighted by atomic mass is 16.1. The van der Waals surface area contributed by atoms with Gasteiger partial charge in [-0.05, 0) is 36.1 Å². The fourth-order valence-electron chi connectivity index (χ4n) is 2.65. The maximum atomic E-state index is 12.7. The van der Waals surface area contributed by atoms with E-state index in [9.17, 15) is 4.79 Å². The molecular weight excluding hydrogens is 234 g/mol. The molecular formula is C17H17NO. The average molecular weight is 251 g/mol. The van der Waals surface area contributed by atoms with Gasteiger partial charge in [-0.25, -0.2) is 0 Å². The van der Waals surface area contributed by atoms with Crippen LogP contribution in [0.15, 0.2) is 47.3 Å². The number of fused-ring (bicyclic) bond motifs is 2. The first kappa shape index (κ1) is 12.0. The fourth-order valence-corrected chi connectivity index (χ4v) is 2.65. The zero-order valence-electron chi connectivity index (χ0n) is 11.2. The quantitative estimate of drug-likeness (QED) is 0.689. The van der Waals surface area contributed by atoms with Crippen molar-refractivity contribution in [3.8, 4) is 0 Å². The van der Waals surface area contributed by atoms with E-state index in [0.29, 0.717) is 5.92 Å². The molecule has 3 aromatic rings. The van der Waals surface area contributed by atoms with Gasteiger partial charge in [0.05, 0.1) is 5.52 Å². The van der Waals surface area contributed by atoms with Crippen molar-refractivity contribution in [2.24, 2.45) is 5.92 Å². The lowest BCUT2D eigenvalue weighted by Gasteiger charge is -2.09. The van der Waals surface area contributed by atoms with Gasteiger partial charge in [-0.15, -0.1) is 0 Å². The standard InChI is InChI=1S/C17H17NO/c1-11(2)10-12-6-5-9-15-16(12)17(19)13-7-3-4-8-14(13)18-15/h3-9,11H,10H2,1-2H3,(H,18,19). The van der Waals surface area contributed by atoms with E-state index in [1.807, 2.05) is 36.4 Å². The number of pyridine rings is 1. The molecule has 0 amide bonds. The number of rotatable bonds is 2. The number of nitrogens with one attached hydrogen (secondary N) is 1. The van der Waals surface area contributed by atoms with Crippen LogP contribution in [-0.4, -0.2) is 4.98 Å². The number of para-hydroxylation sites is 1. The molecule has 2 nitrogen and oxygen atoms in total. The van der Waals surface area contributed by atoms with Gasteiger partial charge >= 0.3 is 0 Å². The Labute approximate surface area is 112 Å². The van der Waals surface area contributed by atoms with Crippen molar-refractivity contribution in [3.05, 3.63) is 58.3 Å². The van der Waals surface area contributed by atoms with Crippen LogP contribution in [0.3, 0.4) is 0 Å². The van der Waals surface area contributed by atoms with Crippen molar-refractivity contribution in [3.63, 3.8) is 0 Å². The van der Waals surface area contributed by atoms with Gasteiger partial charge in [0.15, 0.2) is 5.43 Å². The predicted octanol–water partition coefficient (Wildman–Crippen LogP) is 3.88. The molecule has 0 spiro atoms. The summed E-state index contributed by atoms with van der Waals surface area (Å²) >= 11 is 0. The maximum absolute atomic E-state index is 12.7. The first-order valence-corrected chi connectivity index (χ1v) is 6.69. The zero-order valence-corrected chi connectivity index (χ0v) is 11.2. The van der Waals surface area contributed by atoms with E-state index in [-0.39, 0.29) is 5.43 Å². The number of H-pyrrole nitrogens is 1. The Balaban J connectivity index is 2.42. The van der Waals surface area contributed by atoms with Crippen molar-refractivity contribution in [2.75, 3.05) is 0 Å². The van der Waals surface area contributed by atoms with Crippen LogP contribution >= 0.6 is 0 Å². The normalized spacial score (nSPS) is 11.5. The van der Waals surface area contributed by atoms with Crippen LogP contribution in [0.2, 0.25) is 0 Å². The molecule has 0 unspecified atom stereocenters. The summed E-state index contributed by atoms with van der Waals surface area (Å²) < 4.78 is 0. The summed E-state index contributed by atoms with van der Waals surface area (Å²) in [4.78, 5) is 16.0. The monoisotopic (exact) mass is 251 g/mol. The second-order valence-electron chi connectivity index (χ2n) is 5.44. The molecule has 96 valence electrons. The van der Waals surface area contributed by atoms with E-state index in [4.69, 9.17) is 0 Å². The highest BCUT2D eigenvalue weighted by Gasteiger charge is 2.09. The number of hydrogen-bond acceptors (Lipinski definition) is 1. The van der Waals surface area contributed by atoms with Gasteiger partial charge in [-0.3, -0.25) is 4.79 Å². The smallest absolute Gasteiger partial charge is 0.197 e. The van der Waals surface area contributed by atoms with Crippen molar-refractivity contribution in [2.45, 2.75) is 20.3 Å².